The van der Waals surface area contributed by atoms with Crippen LogP contribution in [0.1, 0.15) is 104 Å². The maximum atomic E-state index is 12.8. The third kappa shape index (κ3) is 21.9. The second-order valence-corrected chi connectivity index (χ2v) is 12.3. The first-order valence-corrected chi connectivity index (χ1v) is 18.3. The van der Waals surface area contributed by atoms with Crippen molar-refractivity contribution in [2.24, 2.45) is 0 Å². The van der Waals surface area contributed by atoms with Crippen molar-refractivity contribution >= 4 is 5.91 Å². The molecular weight excluding hydrogens is 622 g/mol. The molecule has 1 heterocycles. The van der Waals surface area contributed by atoms with Gasteiger partial charge < -0.3 is 40.3 Å². The molecule has 9 nitrogen and oxygen atoms in total. The number of hydrogen-bond acceptors (Lipinski definition) is 8. The Morgan fingerprint density at radius 1 is 0.714 bits per heavy atom. The topological polar surface area (TPSA) is 149 Å². The number of carbonyl (C=O) groups excluding carboxylic acids is 1. The molecule has 6 N–H and O–H groups in total. The fourth-order valence-electron chi connectivity index (χ4n) is 4.97. The Kier molecular flexibility index (Phi) is 27.4. The Balaban J connectivity index is 2.52. The van der Waals surface area contributed by atoms with Gasteiger partial charge in [0, 0.05) is 6.42 Å². The van der Waals surface area contributed by atoms with Crippen LogP contribution in [0.4, 0.5) is 0 Å². The first kappa shape index (κ1) is 44.4. The molecule has 1 rings (SSSR count). The van der Waals surface area contributed by atoms with Gasteiger partial charge in [-0.05, 0) is 70.6 Å². The predicted octanol–water partition coefficient (Wildman–Crippen LogP) is 6.04. The molecule has 0 aliphatic carbocycles. The summed E-state index contributed by atoms with van der Waals surface area (Å²) in [6.07, 6.45) is 33.6. The minimum atomic E-state index is -1.58. The summed E-state index contributed by atoms with van der Waals surface area (Å²) in [4.78, 5) is 12.8. The molecule has 0 aromatic heterocycles. The highest BCUT2D eigenvalue weighted by Gasteiger charge is 2.44. The van der Waals surface area contributed by atoms with E-state index in [0.29, 0.717) is 6.42 Å². The van der Waals surface area contributed by atoms with Crippen LogP contribution < -0.4 is 5.32 Å². The van der Waals surface area contributed by atoms with Crippen LogP contribution in [0.3, 0.4) is 0 Å². The molecule has 7 unspecified atom stereocenters. The van der Waals surface area contributed by atoms with Crippen LogP contribution in [-0.4, -0.2) is 87.5 Å². The molecule has 1 amide bonds. The molecule has 49 heavy (non-hydrogen) atoms. The van der Waals surface area contributed by atoms with Crippen molar-refractivity contribution in [3.63, 3.8) is 0 Å². The minimum absolute atomic E-state index is 0.230. The number of aliphatic hydroxyl groups is 5. The minimum Gasteiger partial charge on any atom is -0.394 e. The van der Waals surface area contributed by atoms with E-state index in [1.54, 1.807) is 6.08 Å². The van der Waals surface area contributed by atoms with E-state index < -0.39 is 49.5 Å². The third-order valence-corrected chi connectivity index (χ3v) is 7.95. The maximum absolute atomic E-state index is 12.8. The lowest BCUT2D eigenvalue weighted by molar-refractivity contribution is -0.302. The summed E-state index contributed by atoms with van der Waals surface area (Å²) in [5.41, 5.74) is 0. The van der Waals surface area contributed by atoms with E-state index in [2.05, 4.69) is 92.1 Å². The van der Waals surface area contributed by atoms with Gasteiger partial charge in [-0.1, -0.05) is 112 Å². The molecule has 0 spiro atoms. The average molecular weight is 688 g/mol. The number of amides is 1. The Hall–Kier alpha value is -2.63. The monoisotopic (exact) mass is 687 g/mol. The number of allylic oxidation sites excluding steroid dienone is 13. The van der Waals surface area contributed by atoms with Crippen molar-refractivity contribution in [1.29, 1.82) is 0 Å². The Morgan fingerprint density at radius 2 is 1.27 bits per heavy atom. The highest BCUT2D eigenvalue weighted by Crippen LogP contribution is 2.22. The van der Waals surface area contributed by atoms with Crippen LogP contribution in [-0.2, 0) is 14.3 Å². The summed E-state index contributed by atoms with van der Waals surface area (Å²) in [6, 6.07) is -0.852. The molecule has 0 aromatic carbocycles. The van der Waals surface area contributed by atoms with E-state index in [-0.39, 0.29) is 18.9 Å². The molecule has 0 radical (unpaired) electrons. The Labute approximate surface area is 295 Å². The van der Waals surface area contributed by atoms with Crippen molar-refractivity contribution in [2.75, 3.05) is 13.2 Å². The van der Waals surface area contributed by atoms with Gasteiger partial charge in [0.1, 0.15) is 24.4 Å². The summed E-state index contributed by atoms with van der Waals surface area (Å²) >= 11 is 0. The standard InChI is InChI=1S/C40H65NO8/c1-3-5-7-9-11-13-14-15-16-17-18-19-20-22-24-26-28-30-36(44)41-33(34(43)29-27-25-23-21-12-10-8-6-4-2)32-48-40-39(47)38(46)37(45)35(31-42)49-40/h5,7,11-13,15-16,18-19,21-22,24,27,29,33-35,37-40,42-43,45-47H,3-4,6,8-10,14,17,20,23,25-26,28,30-32H2,1-2H3,(H,41,44)/b7-5-,13-11-,16-15-,19-18-,21-12+,24-22-,29-27+. The Morgan fingerprint density at radius 3 is 1.88 bits per heavy atom. The molecule has 278 valence electrons. The number of nitrogens with one attached hydrogen (secondary N) is 1. The van der Waals surface area contributed by atoms with Gasteiger partial charge in [-0.25, -0.2) is 0 Å². The van der Waals surface area contributed by atoms with Gasteiger partial charge in [0.15, 0.2) is 6.29 Å². The van der Waals surface area contributed by atoms with Crippen LogP contribution in [0.15, 0.2) is 85.1 Å². The number of hydrogen-bond donors (Lipinski definition) is 6. The number of rotatable bonds is 27. The number of aliphatic hydroxyl groups excluding tert-OH is 5. The lowest BCUT2D eigenvalue weighted by Crippen LogP contribution is -2.60. The van der Waals surface area contributed by atoms with Gasteiger partial charge in [-0.15, -0.1) is 0 Å². The normalized spacial score (nSPS) is 23.4. The van der Waals surface area contributed by atoms with E-state index in [1.807, 2.05) is 6.08 Å². The molecule has 0 bridgehead atoms. The van der Waals surface area contributed by atoms with Crippen LogP contribution >= 0.6 is 0 Å². The highest BCUT2D eigenvalue weighted by molar-refractivity contribution is 5.76. The Bertz CT molecular complexity index is 1030. The molecule has 0 saturated carbocycles. The third-order valence-electron chi connectivity index (χ3n) is 7.95. The fourth-order valence-corrected chi connectivity index (χ4v) is 4.97. The highest BCUT2D eigenvalue weighted by atomic mass is 16.7. The molecule has 1 aliphatic rings. The zero-order valence-electron chi connectivity index (χ0n) is 29.9. The van der Waals surface area contributed by atoms with E-state index >= 15 is 0 Å². The lowest BCUT2D eigenvalue weighted by atomic mass is 9.99. The second-order valence-electron chi connectivity index (χ2n) is 12.3. The van der Waals surface area contributed by atoms with E-state index in [1.165, 1.54) is 19.3 Å². The van der Waals surface area contributed by atoms with Gasteiger partial charge in [-0.3, -0.25) is 4.79 Å². The SMILES string of the molecule is CC/C=C\C/C=C\C/C=C\C/C=C\C/C=C\CCCC(=O)NC(COC1OC(CO)C(O)C(O)C1O)C(O)/C=C/CC/C=C/CCCCC. The summed E-state index contributed by atoms with van der Waals surface area (Å²) in [7, 11) is 0. The number of unbranched alkanes of at least 4 members (excludes halogenated alkanes) is 5. The zero-order valence-corrected chi connectivity index (χ0v) is 29.9. The first-order valence-electron chi connectivity index (χ1n) is 18.3. The van der Waals surface area contributed by atoms with Crippen LogP contribution in [0.2, 0.25) is 0 Å². The zero-order chi connectivity index (χ0) is 36.0. The van der Waals surface area contributed by atoms with E-state index in [0.717, 1.165) is 57.8 Å². The van der Waals surface area contributed by atoms with Crippen LogP contribution in [0.5, 0.6) is 0 Å². The average Bonchev–Trinajstić information content (AvgIpc) is 3.10. The summed E-state index contributed by atoms with van der Waals surface area (Å²) in [5, 5.41) is 53.7. The molecule has 1 aliphatic heterocycles. The molecular formula is C40H65NO8. The van der Waals surface area contributed by atoms with E-state index in [9.17, 15) is 30.3 Å². The fraction of sp³-hybridized carbons (Fsp3) is 0.625. The molecule has 1 saturated heterocycles. The molecule has 0 aromatic rings. The number of carbonyl (C=O) groups is 1. The van der Waals surface area contributed by atoms with Gasteiger partial charge >= 0.3 is 0 Å². The quantitative estimate of drug-likeness (QED) is 0.0452. The largest absolute Gasteiger partial charge is 0.394 e. The summed E-state index contributed by atoms with van der Waals surface area (Å²) in [6.45, 7) is 3.50. The molecule has 7 atom stereocenters. The lowest BCUT2D eigenvalue weighted by Gasteiger charge is -2.40. The summed E-state index contributed by atoms with van der Waals surface area (Å²) in [5.74, 6) is -0.253. The summed E-state index contributed by atoms with van der Waals surface area (Å²) < 4.78 is 11.1. The predicted molar refractivity (Wildman–Crippen MR) is 198 cm³/mol. The van der Waals surface area contributed by atoms with Gasteiger partial charge in [0.2, 0.25) is 5.91 Å². The smallest absolute Gasteiger partial charge is 0.220 e. The first-order chi connectivity index (χ1) is 23.8. The van der Waals surface area contributed by atoms with Crippen molar-refractivity contribution < 1.29 is 39.8 Å². The molecule has 9 heteroatoms. The van der Waals surface area contributed by atoms with Gasteiger partial charge in [-0.2, -0.15) is 0 Å². The van der Waals surface area contributed by atoms with E-state index in [4.69, 9.17) is 9.47 Å². The van der Waals surface area contributed by atoms with Crippen molar-refractivity contribution in [3.05, 3.63) is 85.1 Å². The second kappa shape index (κ2) is 30.2. The van der Waals surface area contributed by atoms with Crippen molar-refractivity contribution in [3.8, 4) is 0 Å². The van der Waals surface area contributed by atoms with Crippen molar-refractivity contribution in [2.45, 2.75) is 147 Å². The van der Waals surface area contributed by atoms with Crippen LogP contribution in [0, 0.1) is 0 Å². The maximum Gasteiger partial charge on any atom is 0.220 e. The van der Waals surface area contributed by atoms with Gasteiger partial charge in [0.05, 0.1) is 25.4 Å². The van der Waals surface area contributed by atoms with Crippen molar-refractivity contribution in [1.82, 2.24) is 5.32 Å². The molecule has 1 fully saturated rings. The van der Waals surface area contributed by atoms with Gasteiger partial charge in [0.25, 0.3) is 0 Å². The van der Waals surface area contributed by atoms with Crippen LogP contribution in [0.25, 0.3) is 0 Å². The number of ether oxygens (including phenoxy) is 2.